The number of carbonyl (C=O) groups excluding carboxylic acids is 2. The molecule has 0 unspecified atom stereocenters. The molecule has 1 aliphatic heterocycles. The number of rotatable bonds is 8. The van der Waals surface area contributed by atoms with Crippen molar-refractivity contribution in [1.29, 1.82) is 0 Å². The lowest BCUT2D eigenvalue weighted by Gasteiger charge is -2.12. The van der Waals surface area contributed by atoms with Crippen LogP contribution >= 0.6 is 0 Å². The molecule has 0 fully saturated rings. The third kappa shape index (κ3) is 5.02. The SMILES string of the molecule is COCCNC(=O)[C@@H](C)OC(=O)CCN=C1NS(=O)(=O)c2ccccc21. The predicted molar refractivity (Wildman–Crippen MR) is 93.2 cm³/mol. The first-order chi connectivity index (χ1) is 12.3. The molecule has 0 saturated heterocycles. The second-order valence-corrected chi connectivity index (χ2v) is 7.15. The van der Waals surface area contributed by atoms with Crippen LogP contribution in [0.4, 0.5) is 0 Å². The number of ether oxygens (including phenoxy) is 2. The second kappa shape index (κ2) is 8.77. The molecule has 0 aromatic heterocycles. The molecule has 142 valence electrons. The molecule has 0 aliphatic carbocycles. The van der Waals surface area contributed by atoms with Crippen molar-refractivity contribution in [3.05, 3.63) is 29.8 Å². The van der Waals surface area contributed by atoms with Crippen LogP contribution in [0.3, 0.4) is 0 Å². The maximum atomic E-state index is 12.0. The molecule has 1 aromatic carbocycles. The Morgan fingerprint density at radius 1 is 1.31 bits per heavy atom. The molecule has 1 heterocycles. The summed E-state index contributed by atoms with van der Waals surface area (Å²) < 4.78 is 36.1. The first-order valence-electron chi connectivity index (χ1n) is 7.98. The van der Waals surface area contributed by atoms with Gasteiger partial charge in [-0.1, -0.05) is 12.1 Å². The number of amides is 1. The van der Waals surface area contributed by atoms with Gasteiger partial charge >= 0.3 is 5.97 Å². The average molecular weight is 383 g/mol. The number of benzene rings is 1. The lowest BCUT2D eigenvalue weighted by Crippen LogP contribution is -2.37. The molecular weight excluding hydrogens is 362 g/mol. The van der Waals surface area contributed by atoms with Crippen molar-refractivity contribution in [3.8, 4) is 0 Å². The molecule has 1 amide bonds. The van der Waals surface area contributed by atoms with Gasteiger partial charge in [-0.3, -0.25) is 19.3 Å². The molecule has 0 radical (unpaired) electrons. The highest BCUT2D eigenvalue weighted by atomic mass is 32.2. The van der Waals surface area contributed by atoms with Gasteiger partial charge in [0.05, 0.1) is 24.5 Å². The number of hydrogen-bond donors (Lipinski definition) is 2. The number of aliphatic imine (C=N–C) groups is 1. The summed E-state index contributed by atoms with van der Waals surface area (Å²) >= 11 is 0. The van der Waals surface area contributed by atoms with E-state index in [0.717, 1.165) is 0 Å². The maximum Gasteiger partial charge on any atom is 0.308 e. The van der Waals surface area contributed by atoms with Gasteiger partial charge in [0.15, 0.2) is 6.10 Å². The molecular formula is C16H21N3O6S. The Labute approximate surface area is 151 Å². The minimum absolute atomic E-state index is 0.0308. The number of esters is 1. The van der Waals surface area contributed by atoms with E-state index in [2.05, 4.69) is 15.0 Å². The van der Waals surface area contributed by atoms with Crippen LogP contribution in [-0.2, 0) is 29.1 Å². The summed E-state index contributed by atoms with van der Waals surface area (Å²) in [4.78, 5) is 27.8. The Balaban J connectivity index is 1.85. The van der Waals surface area contributed by atoms with Crippen molar-refractivity contribution in [2.24, 2.45) is 4.99 Å². The number of carbonyl (C=O) groups is 2. The molecule has 10 heteroatoms. The number of fused-ring (bicyclic) bond motifs is 1. The molecule has 1 aliphatic rings. The Morgan fingerprint density at radius 2 is 2.04 bits per heavy atom. The van der Waals surface area contributed by atoms with E-state index in [0.29, 0.717) is 18.7 Å². The normalized spacial score (nSPS) is 17.2. The summed E-state index contributed by atoms with van der Waals surface area (Å²) in [6, 6.07) is 6.45. The zero-order valence-corrected chi connectivity index (χ0v) is 15.3. The van der Waals surface area contributed by atoms with Gasteiger partial charge in [0.25, 0.3) is 15.9 Å². The Kier molecular flexibility index (Phi) is 6.70. The van der Waals surface area contributed by atoms with Crippen molar-refractivity contribution in [3.63, 3.8) is 0 Å². The van der Waals surface area contributed by atoms with Gasteiger partial charge < -0.3 is 14.8 Å². The molecule has 9 nitrogen and oxygen atoms in total. The first kappa shape index (κ1) is 19.9. The van der Waals surface area contributed by atoms with Gasteiger partial charge in [-0.15, -0.1) is 0 Å². The highest BCUT2D eigenvalue weighted by Crippen LogP contribution is 2.22. The van der Waals surface area contributed by atoms with Crippen molar-refractivity contribution in [2.75, 3.05) is 26.8 Å². The predicted octanol–water partition coefficient (Wildman–Crippen LogP) is -0.190. The summed E-state index contributed by atoms with van der Waals surface area (Å²) in [6.07, 6.45) is -1.01. The Morgan fingerprint density at radius 3 is 2.77 bits per heavy atom. The van der Waals surface area contributed by atoms with E-state index in [9.17, 15) is 18.0 Å². The fourth-order valence-corrected chi connectivity index (χ4v) is 3.49. The molecule has 2 rings (SSSR count). The summed E-state index contributed by atoms with van der Waals surface area (Å²) in [5, 5.41) is 2.56. The first-order valence-corrected chi connectivity index (χ1v) is 9.46. The van der Waals surface area contributed by atoms with Crippen LogP contribution < -0.4 is 10.0 Å². The third-order valence-corrected chi connectivity index (χ3v) is 4.93. The third-order valence-electron chi connectivity index (χ3n) is 3.53. The molecule has 0 saturated carbocycles. The molecule has 0 spiro atoms. The van der Waals surface area contributed by atoms with E-state index in [1.54, 1.807) is 18.2 Å². The fraction of sp³-hybridized carbons (Fsp3) is 0.438. The lowest BCUT2D eigenvalue weighted by molar-refractivity contribution is -0.154. The smallest absolute Gasteiger partial charge is 0.308 e. The minimum atomic E-state index is -3.61. The zero-order chi connectivity index (χ0) is 19.2. The van der Waals surface area contributed by atoms with Gasteiger partial charge in [-0.05, 0) is 19.1 Å². The number of sulfonamides is 1. The van der Waals surface area contributed by atoms with Crippen molar-refractivity contribution >= 4 is 27.7 Å². The summed E-state index contributed by atoms with van der Waals surface area (Å²) in [5.41, 5.74) is 0.465. The van der Waals surface area contributed by atoms with Crippen LogP contribution in [0.2, 0.25) is 0 Å². The molecule has 26 heavy (non-hydrogen) atoms. The average Bonchev–Trinajstić information content (AvgIpc) is 2.86. The van der Waals surface area contributed by atoms with Crippen molar-refractivity contribution in [2.45, 2.75) is 24.3 Å². The van der Waals surface area contributed by atoms with Crippen LogP contribution in [0.15, 0.2) is 34.2 Å². The second-order valence-electron chi connectivity index (χ2n) is 5.50. The van der Waals surface area contributed by atoms with E-state index >= 15 is 0 Å². The van der Waals surface area contributed by atoms with Crippen LogP contribution in [0.25, 0.3) is 0 Å². The Hall–Kier alpha value is -2.46. The van der Waals surface area contributed by atoms with Crippen LogP contribution in [0, 0.1) is 0 Å². The lowest BCUT2D eigenvalue weighted by atomic mass is 10.2. The van der Waals surface area contributed by atoms with E-state index in [1.165, 1.54) is 20.1 Å². The summed E-state index contributed by atoms with van der Waals surface area (Å²) in [5.74, 6) is -0.823. The van der Waals surface area contributed by atoms with E-state index in [1.807, 2.05) is 0 Å². The fourth-order valence-electron chi connectivity index (χ4n) is 2.24. The quantitative estimate of drug-likeness (QED) is 0.474. The van der Waals surface area contributed by atoms with E-state index in [-0.39, 0.29) is 23.7 Å². The van der Waals surface area contributed by atoms with Gasteiger partial charge in [0.1, 0.15) is 5.84 Å². The Bertz CT molecular complexity index is 806. The van der Waals surface area contributed by atoms with E-state index < -0.39 is 28.0 Å². The highest BCUT2D eigenvalue weighted by molar-refractivity contribution is 7.90. The van der Waals surface area contributed by atoms with Crippen molar-refractivity contribution < 1.29 is 27.5 Å². The van der Waals surface area contributed by atoms with Gasteiger partial charge in [0, 0.05) is 19.2 Å². The number of amidine groups is 1. The van der Waals surface area contributed by atoms with Crippen LogP contribution in [0.5, 0.6) is 0 Å². The number of hydrogen-bond acceptors (Lipinski definition) is 7. The van der Waals surface area contributed by atoms with Crippen LogP contribution in [0.1, 0.15) is 18.9 Å². The molecule has 1 aromatic rings. The zero-order valence-electron chi connectivity index (χ0n) is 14.5. The van der Waals surface area contributed by atoms with E-state index in [4.69, 9.17) is 9.47 Å². The van der Waals surface area contributed by atoms with Crippen LogP contribution in [-0.4, -0.2) is 59.0 Å². The molecule has 0 bridgehead atoms. The monoisotopic (exact) mass is 383 g/mol. The van der Waals surface area contributed by atoms with Gasteiger partial charge in [-0.2, -0.15) is 0 Å². The number of nitrogens with one attached hydrogen (secondary N) is 2. The largest absolute Gasteiger partial charge is 0.452 e. The molecule has 1 atom stereocenters. The van der Waals surface area contributed by atoms with Crippen molar-refractivity contribution in [1.82, 2.24) is 10.0 Å². The highest BCUT2D eigenvalue weighted by Gasteiger charge is 2.30. The minimum Gasteiger partial charge on any atom is -0.452 e. The number of methoxy groups -OCH3 is 1. The molecule has 2 N–H and O–H groups in total. The van der Waals surface area contributed by atoms with Gasteiger partial charge in [0.2, 0.25) is 0 Å². The summed E-state index contributed by atoms with van der Waals surface area (Å²) in [7, 11) is -2.09. The summed E-state index contributed by atoms with van der Waals surface area (Å²) in [6.45, 7) is 2.18. The van der Waals surface area contributed by atoms with Gasteiger partial charge in [-0.25, -0.2) is 8.42 Å². The topological polar surface area (TPSA) is 123 Å². The maximum absolute atomic E-state index is 12.0. The standard InChI is InChI=1S/C16H21N3O6S/c1-11(16(21)18-9-10-24-2)25-14(20)7-8-17-15-12-5-3-4-6-13(12)26(22,23)19-15/h3-6,11H,7-10H2,1-2H3,(H,17,19)(H,18,21)/t11-/m1/s1. The number of nitrogens with zero attached hydrogens (tertiary/aromatic N) is 1.